The minimum absolute atomic E-state index is 0.0872. The van der Waals surface area contributed by atoms with E-state index in [0.29, 0.717) is 30.8 Å². The van der Waals surface area contributed by atoms with Gasteiger partial charge in [-0.15, -0.1) is 0 Å². The molecule has 0 spiro atoms. The van der Waals surface area contributed by atoms with Gasteiger partial charge in [0.15, 0.2) is 5.76 Å². The van der Waals surface area contributed by atoms with Crippen LogP contribution >= 0.6 is 0 Å². The van der Waals surface area contributed by atoms with Gasteiger partial charge >= 0.3 is 0 Å². The first-order chi connectivity index (χ1) is 14.1. The molecule has 3 aromatic rings. The number of benzene rings is 1. The highest BCUT2D eigenvalue weighted by Gasteiger charge is 2.08. The van der Waals surface area contributed by atoms with E-state index in [1.807, 2.05) is 24.3 Å². The van der Waals surface area contributed by atoms with Crippen molar-refractivity contribution in [2.75, 3.05) is 23.3 Å². The maximum Gasteiger partial charge on any atom is 0.266 e. The van der Waals surface area contributed by atoms with E-state index < -0.39 is 0 Å². The second kappa shape index (κ2) is 9.73. The van der Waals surface area contributed by atoms with Gasteiger partial charge in [0.25, 0.3) is 5.56 Å². The van der Waals surface area contributed by atoms with Crippen LogP contribution in [0.25, 0.3) is 11.5 Å². The Bertz CT molecular complexity index is 974. The molecule has 0 saturated carbocycles. The Kier molecular flexibility index (Phi) is 6.84. The zero-order valence-corrected chi connectivity index (χ0v) is 16.8. The average molecular weight is 394 g/mol. The Morgan fingerprint density at radius 3 is 2.52 bits per heavy atom. The quantitative estimate of drug-likeness (QED) is 0.598. The van der Waals surface area contributed by atoms with E-state index in [2.05, 4.69) is 29.2 Å². The smallest absolute Gasteiger partial charge is 0.266 e. The number of anilines is 2. The normalized spacial score (nSPS) is 10.7. The highest BCUT2D eigenvalue weighted by molar-refractivity contribution is 5.90. The van der Waals surface area contributed by atoms with E-state index in [1.54, 1.807) is 24.5 Å². The number of carbonyl (C=O) groups excluding carboxylic acids is 1. The van der Waals surface area contributed by atoms with Crippen LogP contribution < -0.4 is 15.8 Å². The third kappa shape index (κ3) is 5.34. The third-order valence-corrected chi connectivity index (χ3v) is 4.69. The first-order valence-electron chi connectivity index (χ1n) is 9.87. The maximum absolute atomic E-state index is 12.2. The van der Waals surface area contributed by atoms with Crippen molar-refractivity contribution in [1.82, 2.24) is 9.78 Å². The fraction of sp³-hybridized carbons (Fsp3) is 0.318. The van der Waals surface area contributed by atoms with Crippen LogP contribution in [0, 0.1) is 0 Å². The van der Waals surface area contributed by atoms with Crippen molar-refractivity contribution in [1.29, 1.82) is 0 Å². The van der Waals surface area contributed by atoms with Crippen molar-refractivity contribution < 1.29 is 9.21 Å². The van der Waals surface area contributed by atoms with Gasteiger partial charge in [-0.2, -0.15) is 5.10 Å². The van der Waals surface area contributed by atoms with Crippen LogP contribution in [0.5, 0.6) is 0 Å². The second-order valence-corrected chi connectivity index (χ2v) is 6.63. The van der Waals surface area contributed by atoms with Crippen LogP contribution in [0.1, 0.15) is 26.7 Å². The number of aromatic nitrogens is 2. The number of nitrogens with one attached hydrogen (secondary N) is 1. The van der Waals surface area contributed by atoms with Gasteiger partial charge in [0.2, 0.25) is 5.91 Å². The summed E-state index contributed by atoms with van der Waals surface area (Å²) in [6.45, 7) is 6.47. The van der Waals surface area contributed by atoms with Gasteiger partial charge in [-0.05, 0) is 62.7 Å². The Morgan fingerprint density at radius 2 is 1.86 bits per heavy atom. The molecule has 7 heteroatoms. The number of amides is 1. The molecule has 29 heavy (non-hydrogen) atoms. The van der Waals surface area contributed by atoms with E-state index in [1.165, 1.54) is 10.7 Å². The highest BCUT2D eigenvalue weighted by Crippen LogP contribution is 2.18. The molecule has 2 aromatic heterocycles. The summed E-state index contributed by atoms with van der Waals surface area (Å²) in [5.74, 6) is 0.514. The summed E-state index contributed by atoms with van der Waals surface area (Å²) >= 11 is 0. The number of aryl methyl sites for hydroxylation is 1. The SMILES string of the molecule is CCN(CC)c1ccc(NC(=O)CCCn2nc(-c3ccco3)ccc2=O)cc1. The Labute approximate surface area is 170 Å². The molecule has 152 valence electrons. The summed E-state index contributed by atoms with van der Waals surface area (Å²) in [6, 6.07) is 14.5. The lowest BCUT2D eigenvalue weighted by Gasteiger charge is -2.21. The topological polar surface area (TPSA) is 80.4 Å². The van der Waals surface area contributed by atoms with E-state index >= 15 is 0 Å². The number of hydrogen-bond acceptors (Lipinski definition) is 5. The first-order valence-corrected chi connectivity index (χ1v) is 9.87. The summed E-state index contributed by atoms with van der Waals surface area (Å²) in [5, 5.41) is 7.21. The third-order valence-electron chi connectivity index (χ3n) is 4.69. The minimum atomic E-state index is -0.201. The predicted molar refractivity (Wildman–Crippen MR) is 114 cm³/mol. The molecular formula is C22H26N4O3. The molecule has 1 N–H and O–H groups in total. The molecule has 0 radical (unpaired) electrons. The van der Waals surface area contributed by atoms with Crippen molar-refractivity contribution >= 4 is 17.3 Å². The van der Waals surface area contributed by atoms with Gasteiger partial charge in [-0.1, -0.05) is 0 Å². The Balaban J connectivity index is 1.52. The van der Waals surface area contributed by atoms with Crippen molar-refractivity contribution in [3.63, 3.8) is 0 Å². The number of rotatable bonds is 9. The fourth-order valence-corrected chi connectivity index (χ4v) is 3.12. The lowest BCUT2D eigenvalue weighted by atomic mass is 10.2. The van der Waals surface area contributed by atoms with Crippen molar-refractivity contribution in [3.05, 3.63) is 65.1 Å². The largest absolute Gasteiger partial charge is 0.463 e. The summed E-state index contributed by atoms with van der Waals surface area (Å²) in [4.78, 5) is 26.5. The van der Waals surface area contributed by atoms with Gasteiger partial charge in [-0.25, -0.2) is 4.68 Å². The highest BCUT2D eigenvalue weighted by atomic mass is 16.3. The van der Waals surface area contributed by atoms with Gasteiger partial charge in [0.05, 0.1) is 6.26 Å². The number of nitrogens with zero attached hydrogens (tertiary/aromatic N) is 3. The lowest BCUT2D eigenvalue weighted by Crippen LogP contribution is -2.23. The molecule has 0 aliphatic carbocycles. The molecule has 0 atom stereocenters. The molecule has 0 aliphatic rings. The van der Waals surface area contributed by atoms with E-state index in [0.717, 1.165) is 24.5 Å². The molecule has 1 aromatic carbocycles. The number of furan rings is 1. The molecule has 0 aliphatic heterocycles. The molecule has 0 saturated heterocycles. The summed E-state index contributed by atoms with van der Waals surface area (Å²) in [5.41, 5.74) is 2.29. The average Bonchev–Trinajstić information content (AvgIpc) is 3.26. The standard InChI is InChI=1S/C22H26N4O3/c1-3-25(4-2)18-11-9-17(10-12-18)23-21(27)8-5-15-26-22(28)14-13-19(24-26)20-7-6-16-29-20/h6-7,9-14,16H,3-5,8,15H2,1-2H3,(H,23,27). The monoisotopic (exact) mass is 394 g/mol. The van der Waals surface area contributed by atoms with Crippen LogP contribution in [0.15, 0.2) is 64.0 Å². The van der Waals surface area contributed by atoms with Crippen molar-refractivity contribution in [3.8, 4) is 11.5 Å². The maximum atomic E-state index is 12.2. The molecule has 1 amide bonds. The molecule has 0 unspecified atom stereocenters. The second-order valence-electron chi connectivity index (χ2n) is 6.63. The first kappa shape index (κ1) is 20.4. The lowest BCUT2D eigenvalue weighted by molar-refractivity contribution is -0.116. The Hall–Kier alpha value is -3.35. The van der Waals surface area contributed by atoms with Gasteiger partial charge in [0, 0.05) is 43.5 Å². The molecule has 3 rings (SSSR count). The van der Waals surface area contributed by atoms with E-state index in [4.69, 9.17) is 4.42 Å². The zero-order chi connectivity index (χ0) is 20.6. The minimum Gasteiger partial charge on any atom is -0.463 e. The van der Waals surface area contributed by atoms with Crippen LogP contribution in [0.2, 0.25) is 0 Å². The van der Waals surface area contributed by atoms with E-state index in [-0.39, 0.29) is 11.5 Å². The number of hydrogen-bond donors (Lipinski definition) is 1. The van der Waals surface area contributed by atoms with Gasteiger partial charge < -0.3 is 14.6 Å². The van der Waals surface area contributed by atoms with E-state index in [9.17, 15) is 9.59 Å². The molecule has 2 heterocycles. The van der Waals surface area contributed by atoms with Crippen molar-refractivity contribution in [2.45, 2.75) is 33.2 Å². The van der Waals surface area contributed by atoms with Crippen LogP contribution in [0.3, 0.4) is 0 Å². The predicted octanol–water partition coefficient (Wildman–Crippen LogP) is 3.77. The fourth-order valence-electron chi connectivity index (χ4n) is 3.12. The van der Waals surface area contributed by atoms with Crippen LogP contribution in [0.4, 0.5) is 11.4 Å². The summed E-state index contributed by atoms with van der Waals surface area (Å²) in [6.07, 6.45) is 2.38. The molecular weight excluding hydrogens is 368 g/mol. The number of carbonyl (C=O) groups is 1. The molecule has 0 fully saturated rings. The molecule has 7 nitrogen and oxygen atoms in total. The van der Waals surface area contributed by atoms with Crippen LogP contribution in [-0.4, -0.2) is 28.8 Å². The summed E-state index contributed by atoms with van der Waals surface area (Å²) < 4.78 is 6.68. The van der Waals surface area contributed by atoms with Crippen LogP contribution in [-0.2, 0) is 11.3 Å². The van der Waals surface area contributed by atoms with Crippen molar-refractivity contribution in [2.24, 2.45) is 0 Å². The zero-order valence-electron chi connectivity index (χ0n) is 16.8. The summed E-state index contributed by atoms with van der Waals surface area (Å²) in [7, 11) is 0. The van der Waals surface area contributed by atoms with Gasteiger partial charge in [0.1, 0.15) is 5.69 Å². The van der Waals surface area contributed by atoms with Gasteiger partial charge in [-0.3, -0.25) is 9.59 Å². The Morgan fingerprint density at radius 1 is 1.10 bits per heavy atom. The molecule has 0 bridgehead atoms.